The van der Waals surface area contributed by atoms with Gasteiger partial charge < -0.3 is 18.9 Å². The quantitative estimate of drug-likeness (QED) is 0.244. The molecule has 3 aromatic rings. The predicted molar refractivity (Wildman–Crippen MR) is 146 cm³/mol. The van der Waals surface area contributed by atoms with Gasteiger partial charge in [0.15, 0.2) is 12.3 Å². The second-order valence-electron chi connectivity index (χ2n) is 10.1. The lowest BCUT2D eigenvalue weighted by Gasteiger charge is -2.45. The zero-order chi connectivity index (χ0) is 26.9. The first kappa shape index (κ1) is 27.4. The van der Waals surface area contributed by atoms with Gasteiger partial charge in [-0.05, 0) is 29.5 Å². The van der Waals surface area contributed by atoms with E-state index in [-0.39, 0.29) is 24.7 Å². The first-order valence-corrected chi connectivity index (χ1v) is 13.6. The standard InChI is InChI=1S/C31H36N2O6/c34-33(35)28-30(38-22-26-16-8-3-9-17-26)29(37-21-25-14-6-2-7-15-25)27(39-31(28)32-18-10-11-19-32)23-36-20-24-12-4-1-5-13-24/h1-9,12-17,27-31H,10-11,18-23H2/t27-,28-,29-,30-,31-/m1/s1. The number of ether oxygens (including phenoxy) is 4. The number of likely N-dealkylation sites (tertiary alicyclic amines) is 1. The monoisotopic (exact) mass is 532 g/mol. The van der Waals surface area contributed by atoms with Crippen LogP contribution in [0.15, 0.2) is 91.0 Å². The molecule has 0 bridgehead atoms. The van der Waals surface area contributed by atoms with Gasteiger partial charge in [-0.25, -0.2) is 0 Å². The summed E-state index contributed by atoms with van der Waals surface area (Å²) in [5, 5.41) is 12.6. The SMILES string of the molecule is O=[N+]([O-])[C@@H]1[C@@H](OCc2ccccc2)[C@H](OCc2ccccc2)[C@@H](COCc2ccccc2)O[C@H]1N1CCCC1. The molecule has 2 heterocycles. The molecule has 2 aliphatic heterocycles. The van der Waals surface area contributed by atoms with Gasteiger partial charge in [-0.2, -0.15) is 0 Å². The van der Waals surface area contributed by atoms with Crippen molar-refractivity contribution in [2.24, 2.45) is 0 Å². The Balaban J connectivity index is 1.41. The number of nitrogens with zero attached hydrogens (tertiary/aromatic N) is 2. The van der Waals surface area contributed by atoms with Crippen molar-refractivity contribution in [3.05, 3.63) is 118 Å². The Morgan fingerprint density at radius 1 is 0.744 bits per heavy atom. The normalized spacial score (nSPS) is 25.5. The summed E-state index contributed by atoms with van der Waals surface area (Å²) in [6.07, 6.45) is -0.802. The number of hydrogen-bond donors (Lipinski definition) is 0. The van der Waals surface area contributed by atoms with E-state index in [1.165, 1.54) is 0 Å². The van der Waals surface area contributed by atoms with E-state index in [1.54, 1.807) is 0 Å². The maximum Gasteiger partial charge on any atom is 0.280 e. The van der Waals surface area contributed by atoms with Gasteiger partial charge in [0.25, 0.3) is 6.04 Å². The molecule has 0 N–H and O–H groups in total. The lowest BCUT2D eigenvalue weighted by atomic mass is 9.95. The van der Waals surface area contributed by atoms with E-state index in [0.717, 1.165) is 42.6 Å². The van der Waals surface area contributed by atoms with Gasteiger partial charge in [-0.3, -0.25) is 15.0 Å². The van der Waals surface area contributed by atoms with Crippen molar-refractivity contribution in [1.82, 2.24) is 4.90 Å². The predicted octanol–water partition coefficient (Wildman–Crippen LogP) is 4.84. The summed E-state index contributed by atoms with van der Waals surface area (Å²) in [5.41, 5.74) is 2.97. The van der Waals surface area contributed by atoms with Crippen LogP contribution in [0.1, 0.15) is 29.5 Å². The van der Waals surface area contributed by atoms with E-state index >= 15 is 0 Å². The Hall–Kier alpha value is -3.14. The second-order valence-corrected chi connectivity index (χ2v) is 10.1. The summed E-state index contributed by atoms with van der Waals surface area (Å²) in [6, 6.07) is 28.3. The maximum absolute atomic E-state index is 12.6. The van der Waals surface area contributed by atoms with Crippen molar-refractivity contribution in [3.8, 4) is 0 Å². The van der Waals surface area contributed by atoms with Gasteiger partial charge in [0, 0.05) is 18.0 Å². The lowest BCUT2D eigenvalue weighted by molar-refractivity contribution is -0.569. The van der Waals surface area contributed by atoms with Crippen LogP contribution in [0, 0.1) is 10.1 Å². The summed E-state index contributed by atoms with van der Waals surface area (Å²) < 4.78 is 25.5. The molecule has 2 fully saturated rings. The van der Waals surface area contributed by atoms with Crippen molar-refractivity contribution >= 4 is 0 Å². The lowest BCUT2D eigenvalue weighted by Crippen LogP contribution is -2.66. The molecular weight excluding hydrogens is 496 g/mol. The van der Waals surface area contributed by atoms with Crippen LogP contribution in [-0.4, -0.2) is 60.1 Å². The molecule has 0 radical (unpaired) electrons. The van der Waals surface area contributed by atoms with Gasteiger partial charge in [-0.15, -0.1) is 0 Å². The van der Waals surface area contributed by atoms with Crippen LogP contribution in [0.4, 0.5) is 0 Å². The molecule has 0 aliphatic carbocycles. The third-order valence-electron chi connectivity index (χ3n) is 7.34. The van der Waals surface area contributed by atoms with Crippen molar-refractivity contribution in [3.63, 3.8) is 0 Å². The summed E-state index contributed by atoms with van der Waals surface area (Å²) in [6.45, 7) is 2.68. The van der Waals surface area contributed by atoms with Gasteiger partial charge >= 0.3 is 0 Å². The van der Waals surface area contributed by atoms with Crippen LogP contribution in [0.3, 0.4) is 0 Å². The van der Waals surface area contributed by atoms with Crippen LogP contribution in [0.2, 0.25) is 0 Å². The van der Waals surface area contributed by atoms with Gasteiger partial charge in [0.1, 0.15) is 12.2 Å². The Morgan fingerprint density at radius 3 is 1.74 bits per heavy atom. The number of hydrogen-bond acceptors (Lipinski definition) is 7. The zero-order valence-corrected chi connectivity index (χ0v) is 22.0. The Morgan fingerprint density at radius 2 is 1.23 bits per heavy atom. The van der Waals surface area contributed by atoms with Gasteiger partial charge in [0.2, 0.25) is 0 Å². The van der Waals surface area contributed by atoms with E-state index in [2.05, 4.69) is 4.90 Å². The second kappa shape index (κ2) is 13.8. The molecule has 0 aromatic heterocycles. The van der Waals surface area contributed by atoms with Crippen LogP contribution in [0.25, 0.3) is 0 Å². The number of nitro groups is 1. The molecule has 2 aliphatic rings. The molecule has 39 heavy (non-hydrogen) atoms. The van der Waals surface area contributed by atoms with Crippen molar-refractivity contribution < 1.29 is 23.9 Å². The minimum atomic E-state index is -1.10. The molecule has 3 aromatic carbocycles. The molecule has 206 valence electrons. The molecule has 5 rings (SSSR count). The third kappa shape index (κ3) is 7.29. The molecular formula is C31H36N2O6. The summed E-state index contributed by atoms with van der Waals surface area (Å²) >= 11 is 0. The van der Waals surface area contributed by atoms with Crippen molar-refractivity contribution in [2.45, 2.75) is 63.2 Å². The minimum absolute atomic E-state index is 0.230. The smallest absolute Gasteiger partial charge is 0.280 e. The van der Waals surface area contributed by atoms with Crippen LogP contribution >= 0.6 is 0 Å². The van der Waals surface area contributed by atoms with Crippen molar-refractivity contribution in [1.29, 1.82) is 0 Å². The Labute approximate surface area is 229 Å². The summed E-state index contributed by atoms with van der Waals surface area (Å²) in [5.74, 6) is 0. The fraction of sp³-hybridized carbons (Fsp3) is 0.419. The zero-order valence-electron chi connectivity index (χ0n) is 22.0. The van der Waals surface area contributed by atoms with Crippen LogP contribution in [-0.2, 0) is 38.8 Å². The molecule has 0 unspecified atom stereocenters. The first-order chi connectivity index (χ1) is 19.2. The third-order valence-corrected chi connectivity index (χ3v) is 7.34. The van der Waals surface area contributed by atoms with E-state index in [9.17, 15) is 10.1 Å². The first-order valence-electron chi connectivity index (χ1n) is 13.6. The average molecular weight is 533 g/mol. The molecule has 5 atom stereocenters. The van der Waals surface area contributed by atoms with E-state index in [1.807, 2.05) is 91.0 Å². The highest BCUT2D eigenvalue weighted by atomic mass is 16.7. The van der Waals surface area contributed by atoms with E-state index in [4.69, 9.17) is 18.9 Å². The summed E-state index contributed by atoms with van der Waals surface area (Å²) in [4.78, 5) is 14.4. The molecule has 2 saturated heterocycles. The molecule has 0 saturated carbocycles. The van der Waals surface area contributed by atoms with Gasteiger partial charge in [-0.1, -0.05) is 91.0 Å². The number of benzene rings is 3. The summed E-state index contributed by atoms with van der Waals surface area (Å²) in [7, 11) is 0. The number of rotatable bonds is 12. The topological polar surface area (TPSA) is 83.3 Å². The van der Waals surface area contributed by atoms with Crippen molar-refractivity contribution in [2.75, 3.05) is 19.7 Å². The molecule has 0 spiro atoms. The minimum Gasteiger partial charge on any atom is -0.374 e. The highest BCUT2D eigenvalue weighted by Crippen LogP contribution is 2.33. The van der Waals surface area contributed by atoms with Crippen LogP contribution in [0.5, 0.6) is 0 Å². The largest absolute Gasteiger partial charge is 0.374 e. The molecule has 0 amide bonds. The Bertz CT molecular complexity index is 1140. The molecule has 8 heteroatoms. The highest BCUT2D eigenvalue weighted by molar-refractivity contribution is 5.15. The fourth-order valence-corrected chi connectivity index (χ4v) is 5.36. The maximum atomic E-state index is 12.6. The van der Waals surface area contributed by atoms with E-state index in [0.29, 0.717) is 6.61 Å². The van der Waals surface area contributed by atoms with Crippen LogP contribution < -0.4 is 0 Å². The Kier molecular flexibility index (Phi) is 9.69. The average Bonchev–Trinajstić information content (AvgIpc) is 3.52. The molecule has 8 nitrogen and oxygen atoms in total. The highest BCUT2D eigenvalue weighted by Gasteiger charge is 2.56. The van der Waals surface area contributed by atoms with Gasteiger partial charge in [0.05, 0.1) is 26.4 Å². The van der Waals surface area contributed by atoms with E-state index < -0.39 is 30.6 Å². The fourth-order valence-electron chi connectivity index (χ4n) is 5.36.